The van der Waals surface area contributed by atoms with E-state index >= 15 is 0 Å². The molecule has 0 bridgehead atoms. The second-order valence-corrected chi connectivity index (χ2v) is 6.77. The second-order valence-electron chi connectivity index (χ2n) is 6.77. The average molecular weight is 259 g/mol. The molecule has 0 spiro atoms. The molecule has 1 aliphatic heterocycles. The maximum absolute atomic E-state index is 5.52. The zero-order valence-corrected chi connectivity index (χ0v) is 12.4. The van der Waals surface area contributed by atoms with Crippen LogP contribution in [-0.2, 0) is 4.74 Å². The van der Waals surface area contributed by atoms with Gasteiger partial charge in [-0.1, -0.05) is 37.3 Å². The molecule has 3 rings (SSSR count). The van der Waals surface area contributed by atoms with Crippen LogP contribution in [0.1, 0.15) is 38.3 Å². The van der Waals surface area contributed by atoms with Crippen LogP contribution >= 0.6 is 0 Å². The minimum Gasteiger partial charge on any atom is -0.384 e. The molecule has 1 aromatic carbocycles. The maximum Gasteiger partial charge on any atom is 0.0536 e. The zero-order chi connectivity index (χ0) is 13.5. The van der Waals surface area contributed by atoms with E-state index in [0.717, 1.165) is 6.61 Å². The molecule has 0 amide bonds. The lowest BCUT2D eigenvalue weighted by atomic mass is 9.52. The molecule has 19 heavy (non-hydrogen) atoms. The van der Waals surface area contributed by atoms with E-state index < -0.39 is 0 Å². The van der Waals surface area contributed by atoms with Gasteiger partial charge in [-0.15, -0.1) is 0 Å². The lowest BCUT2D eigenvalue weighted by Crippen LogP contribution is -2.51. The summed E-state index contributed by atoms with van der Waals surface area (Å²) in [6.07, 6.45) is 2.68. The van der Waals surface area contributed by atoms with Crippen molar-refractivity contribution in [2.24, 2.45) is 10.8 Å². The SMILES string of the molecule is COC[C@]12CC[C@@]1(C)CN([C@H](C)c1ccccc1)C2. The number of rotatable bonds is 4. The first-order valence-corrected chi connectivity index (χ1v) is 7.38. The van der Waals surface area contributed by atoms with Gasteiger partial charge in [0.05, 0.1) is 6.61 Å². The van der Waals surface area contributed by atoms with E-state index in [2.05, 4.69) is 49.1 Å². The van der Waals surface area contributed by atoms with Crippen LogP contribution in [0.2, 0.25) is 0 Å². The molecule has 104 valence electrons. The van der Waals surface area contributed by atoms with E-state index in [1.165, 1.54) is 31.5 Å². The van der Waals surface area contributed by atoms with E-state index in [1.807, 2.05) is 7.11 Å². The summed E-state index contributed by atoms with van der Waals surface area (Å²) in [5.41, 5.74) is 2.30. The first kappa shape index (κ1) is 13.1. The first-order valence-electron chi connectivity index (χ1n) is 7.38. The first-order chi connectivity index (χ1) is 9.10. The predicted molar refractivity (Wildman–Crippen MR) is 78.1 cm³/mol. The highest BCUT2D eigenvalue weighted by molar-refractivity contribution is 5.21. The van der Waals surface area contributed by atoms with Crippen LogP contribution in [0.15, 0.2) is 30.3 Å². The molecule has 2 nitrogen and oxygen atoms in total. The Labute approximate surface area is 116 Å². The van der Waals surface area contributed by atoms with Gasteiger partial charge in [0.15, 0.2) is 0 Å². The highest BCUT2D eigenvalue weighted by Crippen LogP contribution is 2.62. The molecular weight excluding hydrogens is 234 g/mol. The van der Waals surface area contributed by atoms with E-state index in [1.54, 1.807) is 0 Å². The minimum atomic E-state index is 0.408. The Balaban J connectivity index is 1.78. The van der Waals surface area contributed by atoms with Crippen LogP contribution in [0.3, 0.4) is 0 Å². The fourth-order valence-corrected chi connectivity index (χ4v) is 4.10. The lowest BCUT2D eigenvalue weighted by Gasteiger charge is -2.52. The smallest absolute Gasteiger partial charge is 0.0536 e. The molecule has 1 saturated heterocycles. The summed E-state index contributed by atoms with van der Waals surface area (Å²) >= 11 is 0. The quantitative estimate of drug-likeness (QED) is 0.820. The summed E-state index contributed by atoms with van der Waals surface area (Å²) in [6.45, 7) is 8.11. The van der Waals surface area contributed by atoms with Crippen LogP contribution < -0.4 is 0 Å². The third-order valence-electron chi connectivity index (χ3n) is 5.74. The molecule has 2 fully saturated rings. The Morgan fingerprint density at radius 1 is 1.21 bits per heavy atom. The Morgan fingerprint density at radius 3 is 2.53 bits per heavy atom. The van der Waals surface area contributed by atoms with Crippen LogP contribution in [0.25, 0.3) is 0 Å². The van der Waals surface area contributed by atoms with E-state index in [0.29, 0.717) is 16.9 Å². The fraction of sp³-hybridized carbons (Fsp3) is 0.647. The standard InChI is InChI=1S/C17H25NO/c1-14(15-7-5-4-6-8-15)18-11-16(2)9-10-17(16,12-18)13-19-3/h4-8,14H,9-13H2,1-3H3/t14-,16+,17-/m1/s1. The number of fused-ring (bicyclic) bond motifs is 1. The zero-order valence-electron chi connectivity index (χ0n) is 12.4. The summed E-state index contributed by atoms with van der Waals surface area (Å²) in [4.78, 5) is 2.65. The van der Waals surface area contributed by atoms with E-state index in [-0.39, 0.29) is 0 Å². The van der Waals surface area contributed by atoms with Crippen LogP contribution in [0.5, 0.6) is 0 Å². The van der Waals surface area contributed by atoms with E-state index in [9.17, 15) is 0 Å². The summed E-state index contributed by atoms with van der Waals surface area (Å²) in [7, 11) is 1.84. The average Bonchev–Trinajstić information content (AvgIpc) is 2.62. The van der Waals surface area contributed by atoms with Gasteiger partial charge < -0.3 is 4.74 Å². The molecule has 0 N–H and O–H groups in total. The van der Waals surface area contributed by atoms with Crippen molar-refractivity contribution in [3.63, 3.8) is 0 Å². The third-order valence-corrected chi connectivity index (χ3v) is 5.74. The van der Waals surface area contributed by atoms with Gasteiger partial charge in [-0.05, 0) is 30.7 Å². The Bertz CT molecular complexity index is 446. The Kier molecular flexibility index (Phi) is 3.18. The van der Waals surface area contributed by atoms with Crippen molar-refractivity contribution < 1.29 is 4.74 Å². The number of hydrogen-bond donors (Lipinski definition) is 0. The number of hydrogen-bond acceptors (Lipinski definition) is 2. The van der Waals surface area contributed by atoms with Crippen molar-refractivity contribution in [3.8, 4) is 0 Å². The number of nitrogens with zero attached hydrogens (tertiary/aromatic N) is 1. The topological polar surface area (TPSA) is 12.5 Å². The highest BCUT2D eigenvalue weighted by atomic mass is 16.5. The Hall–Kier alpha value is -0.860. The molecule has 0 unspecified atom stereocenters. The second kappa shape index (κ2) is 4.60. The highest BCUT2D eigenvalue weighted by Gasteiger charge is 2.61. The number of likely N-dealkylation sites (tertiary alicyclic amines) is 1. The largest absolute Gasteiger partial charge is 0.384 e. The normalized spacial score (nSPS) is 35.7. The van der Waals surface area contributed by atoms with Crippen LogP contribution in [0, 0.1) is 10.8 Å². The number of ether oxygens (including phenoxy) is 1. The van der Waals surface area contributed by atoms with Crippen LogP contribution in [-0.4, -0.2) is 31.7 Å². The molecule has 1 aromatic rings. The van der Waals surface area contributed by atoms with E-state index in [4.69, 9.17) is 4.74 Å². The van der Waals surface area contributed by atoms with Crippen molar-refractivity contribution in [2.45, 2.75) is 32.7 Å². The molecule has 1 heterocycles. The monoisotopic (exact) mass is 259 g/mol. The Morgan fingerprint density at radius 2 is 1.95 bits per heavy atom. The molecule has 0 radical (unpaired) electrons. The summed E-state index contributed by atoms with van der Waals surface area (Å²) in [5, 5.41) is 0. The predicted octanol–water partition coefficient (Wildman–Crippen LogP) is 3.50. The molecule has 1 aliphatic carbocycles. The van der Waals surface area contributed by atoms with Gasteiger partial charge in [0.25, 0.3) is 0 Å². The van der Waals surface area contributed by atoms with Gasteiger partial charge in [-0.3, -0.25) is 4.90 Å². The lowest BCUT2D eigenvalue weighted by molar-refractivity contribution is -0.0716. The van der Waals surface area contributed by atoms with Crippen molar-refractivity contribution in [1.82, 2.24) is 4.90 Å². The summed E-state index contributed by atoms with van der Waals surface area (Å²) in [6, 6.07) is 11.4. The van der Waals surface area contributed by atoms with Crippen molar-refractivity contribution in [2.75, 3.05) is 26.8 Å². The van der Waals surface area contributed by atoms with Crippen LogP contribution in [0.4, 0.5) is 0 Å². The molecular formula is C17H25NO. The minimum absolute atomic E-state index is 0.408. The van der Waals surface area contributed by atoms with Gasteiger partial charge in [-0.25, -0.2) is 0 Å². The van der Waals surface area contributed by atoms with Crippen molar-refractivity contribution >= 4 is 0 Å². The molecule has 2 heteroatoms. The van der Waals surface area contributed by atoms with Gasteiger partial charge in [0.1, 0.15) is 0 Å². The van der Waals surface area contributed by atoms with Crippen molar-refractivity contribution in [1.29, 1.82) is 0 Å². The van der Waals surface area contributed by atoms with Gasteiger partial charge in [-0.2, -0.15) is 0 Å². The van der Waals surface area contributed by atoms with Crippen molar-refractivity contribution in [3.05, 3.63) is 35.9 Å². The molecule has 3 atom stereocenters. The summed E-state index contributed by atoms with van der Waals surface area (Å²) < 4.78 is 5.52. The third kappa shape index (κ3) is 1.93. The maximum atomic E-state index is 5.52. The summed E-state index contributed by atoms with van der Waals surface area (Å²) in [5.74, 6) is 0. The number of benzene rings is 1. The molecule has 2 aliphatic rings. The fourth-order valence-electron chi connectivity index (χ4n) is 4.10. The molecule has 1 saturated carbocycles. The molecule has 0 aromatic heterocycles. The van der Waals surface area contributed by atoms with Gasteiger partial charge >= 0.3 is 0 Å². The van der Waals surface area contributed by atoms with Gasteiger partial charge in [0.2, 0.25) is 0 Å². The van der Waals surface area contributed by atoms with Gasteiger partial charge in [0, 0.05) is 31.7 Å². The number of methoxy groups -OCH3 is 1.